The number of benzene rings is 1. The smallest absolute Gasteiger partial charge is 0.326 e. The first kappa shape index (κ1) is 12.6. The van der Waals surface area contributed by atoms with Crippen LogP contribution in [0.4, 0.5) is 0 Å². The van der Waals surface area contributed by atoms with Crippen LogP contribution in [0.5, 0.6) is 0 Å². The number of carboxylic acids is 1. The second-order valence-electron chi connectivity index (χ2n) is 4.58. The molecule has 0 saturated carbocycles. The molecule has 0 spiro atoms. The molecule has 96 valence electrons. The SMILES string of the molecule is C[C@H](N)C(=O)N1Cc2ccccc2C[C@@H]1C(=O)O. The van der Waals surface area contributed by atoms with Crippen molar-refractivity contribution in [1.29, 1.82) is 0 Å². The predicted octanol–water partition coefficient (Wildman–Crippen LogP) is 0.372. The lowest BCUT2D eigenvalue weighted by molar-refractivity contribution is -0.151. The number of carbonyl (C=O) groups excluding carboxylic acids is 1. The summed E-state index contributed by atoms with van der Waals surface area (Å²) in [6, 6.07) is 6.07. The van der Waals surface area contributed by atoms with Crippen molar-refractivity contribution in [3.8, 4) is 0 Å². The van der Waals surface area contributed by atoms with Gasteiger partial charge in [0.15, 0.2) is 0 Å². The molecule has 1 aromatic carbocycles. The molecule has 0 saturated heterocycles. The third-order valence-electron chi connectivity index (χ3n) is 3.21. The summed E-state index contributed by atoms with van der Waals surface area (Å²) >= 11 is 0. The van der Waals surface area contributed by atoms with Crippen LogP contribution in [0.3, 0.4) is 0 Å². The van der Waals surface area contributed by atoms with Crippen molar-refractivity contribution < 1.29 is 14.7 Å². The molecule has 18 heavy (non-hydrogen) atoms. The number of hydrogen-bond donors (Lipinski definition) is 2. The third kappa shape index (κ3) is 2.22. The molecule has 1 aliphatic heterocycles. The fraction of sp³-hybridized carbons (Fsp3) is 0.385. The van der Waals surface area contributed by atoms with Crippen LogP contribution >= 0.6 is 0 Å². The summed E-state index contributed by atoms with van der Waals surface area (Å²) in [5.74, 6) is -1.31. The Hall–Kier alpha value is -1.88. The number of carbonyl (C=O) groups is 2. The number of carboxylic acid groups (broad SMARTS) is 1. The fourth-order valence-corrected chi connectivity index (χ4v) is 2.24. The number of rotatable bonds is 2. The normalized spacial score (nSPS) is 20.1. The zero-order valence-electron chi connectivity index (χ0n) is 10.2. The molecular formula is C13H16N2O3. The lowest BCUT2D eigenvalue weighted by Crippen LogP contribution is -2.53. The van der Waals surface area contributed by atoms with Crippen LogP contribution in [-0.4, -0.2) is 34.0 Å². The van der Waals surface area contributed by atoms with E-state index in [4.69, 9.17) is 5.73 Å². The van der Waals surface area contributed by atoms with Gasteiger partial charge in [-0.15, -0.1) is 0 Å². The second-order valence-corrected chi connectivity index (χ2v) is 4.58. The van der Waals surface area contributed by atoms with Crippen molar-refractivity contribution in [3.05, 3.63) is 35.4 Å². The standard InChI is InChI=1S/C13H16N2O3/c1-8(14)12(16)15-7-10-5-3-2-4-9(10)6-11(15)13(17)18/h2-5,8,11H,6-7,14H2,1H3,(H,17,18)/t8-,11+/m0/s1. The average molecular weight is 248 g/mol. The molecule has 2 rings (SSSR count). The van der Waals surface area contributed by atoms with E-state index in [0.29, 0.717) is 13.0 Å². The van der Waals surface area contributed by atoms with Crippen LogP contribution < -0.4 is 5.73 Å². The topological polar surface area (TPSA) is 83.6 Å². The van der Waals surface area contributed by atoms with Crippen LogP contribution in [0, 0.1) is 0 Å². The van der Waals surface area contributed by atoms with Crippen molar-refractivity contribution in [2.24, 2.45) is 5.73 Å². The van der Waals surface area contributed by atoms with Crippen molar-refractivity contribution >= 4 is 11.9 Å². The van der Waals surface area contributed by atoms with E-state index in [-0.39, 0.29) is 5.91 Å². The van der Waals surface area contributed by atoms with Gasteiger partial charge >= 0.3 is 5.97 Å². The van der Waals surface area contributed by atoms with Gasteiger partial charge in [0.2, 0.25) is 5.91 Å². The molecule has 0 fully saturated rings. The molecule has 1 amide bonds. The maximum Gasteiger partial charge on any atom is 0.326 e. The number of fused-ring (bicyclic) bond motifs is 1. The van der Waals surface area contributed by atoms with Gasteiger partial charge in [-0.1, -0.05) is 24.3 Å². The molecule has 0 bridgehead atoms. The van der Waals surface area contributed by atoms with E-state index in [1.807, 2.05) is 24.3 Å². The minimum absolute atomic E-state index is 0.313. The Labute approximate surface area is 105 Å². The predicted molar refractivity (Wildman–Crippen MR) is 65.8 cm³/mol. The van der Waals surface area contributed by atoms with Crippen LogP contribution in [-0.2, 0) is 22.6 Å². The van der Waals surface area contributed by atoms with Gasteiger partial charge in [0, 0.05) is 13.0 Å². The molecule has 2 atom stereocenters. The van der Waals surface area contributed by atoms with Gasteiger partial charge in [-0.05, 0) is 18.1 Å². The van der Waals surface area contributed by atoms with Crippen LogP contribution in [0.15, 0.2) is 24.3 Å². The molecule has 0 unspecified atom stereocenters. The van der Waals surface area contributed by atoms with Gasteiger partial charge in [0.05, 0.1) is 6.04 Å². The zero-order valence-corrected chi connectivity index (χ0v) is 10.2. The van der Waals surface area contributed by atoms with E-state index in [2.05, 4.69) is 0 Å². The van der Waals surface area contributed by atoms with E-state index >= 15 is 0 Å². The first-order chi connectivity index (χ1) is 8.50. The highest BCUT2D eigenvalue weighted by Gasteiger charge is 2.35. The molecule has 1 aliphatic rings. The quantitative estimate of drug-likeness (QED) is 0.792. The molecule has 3 N–H and O–H groups in total. The highest BCUT2D eigenvalue weighted by atomic mass is 16.4. The van der Waals surface area contributed by atoms with Crippen LogP contribution in [0.2, 0.25) is 0 Å². The van der Waals surface area contributed by atoms with E-state index in [1.54, 1.807) is 6.92 Å². The van der Waals surface area contributed by atoms with Gasteiger partial charge in [-0.25, -0.2) is 4.79 Å². The van der Waals surface area contributed by atoms with Gasteiger partial charge in [-0.2, -0.15) is 0 Å². The number of nitrogens with zero attached hydrogens (tertiary/aromatic N) is 1. The first-order valence-electron chi connectivity index (χ1n) is 5.86. The van der Waals surface area contributed by atoms with E-state index in [0.717, 1.165) is 11.1 Å². The highest BCUT2D eigenvalue weighted by molar-refractivity contribution is 5.87. The molecule has 1 heterocycles. The summed E-state index contributed by atoms with van der Waals surface area (Å²) < 4.78 is 0. The van der Waals surface area contributed by atoms with Crippen LogP contribution in [0.1, 0.15) is 18.1 Å². The van der Waals surface area contributed by atoms with Gasteiger partial charge in [0.25, 0.3) is 0 Å². The van der Waals surface area contributed by atoms with Crippen molar-refractivity contribution in [1.82, 2.24) is 4.90 Å². The monoisotopic (exact) mass is 248 g/mol. The summed E-state index contributed by atoms with van der Waals surface area (Å²) in [5.41, 5.74) is 7.54. The summed E-state index contributed by atoms with van der Waals surface area (Å²) in [6.45, 7) is 1.88. The lowest BCUT2D eigenvalue weighted by atomic mass is 9.93. The Morgan fingerprint density at radius 3 is 2.56 bits per heavy atom. The molecule has 1 aromatic rings. The fourth-order valence-electron chi connectivity index (χ4n) is 2.24. The molecule has 5 heteroatoms. The number of hydrogen-bond acceptors (Lipinski definition) is 3. The third-order valence-corrected chi connectivity index (χ3v) is 3.21. The summed E-state index contributed by atoms with van der Waals surface area (Å²) in [6.07, 6.45) is 0.337. The first-order valence-corrected chi connectivity index (χ1v) is 5.86. The Morgan fingerprint density at radius 1 is 1.39 bits per heavy atom. The molecular weight excluding hydrogens is 232 g/mol. The minimum atomic E-state index is -0.987. The summed E-state index contributed by atoms with van der Waals surface area (Å²) in [4.78, 5) is 24.6. The largest absolute Gasteiger partial charge is 0.480 e. The van der Waals surface area contributed by atoms with Gasteiger partial charge in [-0.3, -0.25) is 4.79 Å². The van der Waals surface area contributed by atoms with Crippen molar-refractivity contribution in [3.63, 3.8) is 0 Å². The van der Waals surface area contributed by atoms with E-state index in [9.17, 15) is 14.7 Å². The highest BCUT2D eigenvalue weighted by Crippen LogP contribution is 2.23. The number of nitrogens with two attached hydrogens (primary N) is 1. The maximum atomic E-state index is 12.0. The second kappa shape index (κ2) is 4.78. The Bertz CT molecular complexity index is 485. The van der Waals surface area contributed by atoms with Crippen molar-refractivity contribution in [2.45, 2.75) is 32.0 Å². The van der Waals surface area contributed by atoms with Gasteiger partial charge in [0.1, 0.15) is 6.04 Å². The minimum Gasteiger partial charge on any atom is -0.480 e. The molecule has 0 radical (unpaired) electrons. The van der Waals surface area contributed by atoms with E-state index in [1.165, 1.54) is 4.90 Å². The summed E-state index contributed by atoms with van der Waals surface area (Å²) in [7, 11) is 0. The Kier molecular flexibility index (Phi) is 3.34. The molecule has 0 aliphatic carbocycles. The number of aliphatic carboxylic acids is 1. The Morgan fingerprint density at radius 2 is 2.00 bits per heavy atom. The van der Waals surface area contributed by atoms with Gasteiger partial charge < -0.3 is 15.7 Å². The summed E-state index contributed by atoms with van der Waals surface area (Å²) in [5, 5.41) is 9.23. The molecule has 0 aromatic heterocycles. The van der Waals surface area contributed by atoms with Crippen molar-refractivity contribution in [2.75, 3.05) is 0 Å². The Balaban J connectivity index is 2.34. The molecule has 5 nitrogen and oxygen atoms in total. The lowest BCUT2D eigenvalue weighted by Gasteiger charge is -2.35. The average Bonchev–Trinajstić information content (AvgIpc) is 2.36. The van der Waals surface area contributed by atoms with Crippen LogP contribution in [0.25, 0.3) is 0 Å². The zero-order chi connectivity index (χ0) is 13.3. The van der Waals surface area contributed by atoms with E-state index < -0.39 is 18.1 Å². The number of amides is 1. The maximum absolute atomic E-state index is 12.0.